The highest BCUT2D eigenvalue weighted by Gasteiger charge is 2.42. The summed E-state index contributed by atoms with van der Waals surface area (Å²) in [7, 11) is 0. The molecule has 4 nitrogen and oxygen atoms in total. The summed E-state index contributed by atoms with van der Waals surface area (Å²) in [5.41, 5.74) is 6.39. The number of furan rings is 1. The Balaban J connectivity index is 1.63. The summed E-state index contributed by atoms with van der Waals surface area (Å²) in [6, 6.07) is 21.9. The molecule has 1 N–H and O–H groups in total. The molecule has 2 aromatic heterocycles. The Morgan fingerprint density at radius 1 is 0.970 bits per heavy atom. The van der Waals surface area contributed by atoms with E-state index in [-0.39, 0.29) is 12.1 Å². The van der Waals surface area contributed by atoms with Gasteiger partial charge < -0.3 is 14.6 Å². The van der Waals surface area contributed by atoms with Crippen molar-refractivity contribution < 1.29 is 4.42 Å². The first-order valence-corrected chi connectivity index (χ1v) is 11.6. The summed E-state index contributed by atoms with van der Waals surface area (Å²) in [6.07, 6.45) is 1.81. The molecule has 4 aromatic rings. The largest absolute Gasteiger partial charge is 0.459 e. The van der Waals surface area contributed by atoms with Crippen molar-refractivity contribution in [2.75, 3.05) is 4.90 Å². The zero-order chi connectivity index (χ0) is 23.1. The zero-order valence-electron chi connectivity index (χ0n) is 18.7. The quantitative estimate of drug-likeness (QED) is 0.320. The fourth-order valence-electron chi connectivity index (χ4n) is 4.53. The molecule has 0 saturated carbocycles. The van der Waals surface area contributed by atoms with Crippen molar-refractivity contribution in [2.45, 2.75) is 32.9 Å². The molecule has 0 bridgehead atoms. The Labute approximate surface area is 204 Å². The molecule has 0 unspecified atom stereocenters. The topological polar surface area (TPSA) is 41.3 Å². The Hall–Kier alpha value is -3.15. The van der Waals surface area contributed by atoms with Gasteiger partial charge in [-0.25, -0.2) is 0 Å². The molecule has 0 radical (unpaired) electrons. The fraction of sp³-hybridized carbons (Fsp3) is 0.185. The van der Waals surface area contributed by atoms with Crippen molar-refractivity contribution in [3.05, 3.63) is 106 Å². The summed E-state index contributed by atoms with van der Waals surface area (Å²) in [5.74, 6) is 1.59. The lowest BCUT2D eigenvalue weighted by atomic mass is 10.0. The smallest absolute Gasteiger partial charge is 0.174 e. The minimum atomic E-state index is -0.193. The van der Waals surface area contributed by atoms with Gasteiger partial charge in [0.15, 0.2) is 5.11 Å². The predicted octanol–water partition coefficient (Wildman–Crippen LogP) is 7.10. The van der Waals surface area contributed by atoms with Crippen LogP contribution in [0.15, 0.2) is 77.3 Å². The van der Waals surface area contributed by atoms with E-state index in [1.165, 1.54) is 11.1 Å². The molecule has 2 aromatic carbocycles. The van der Waals surface area contributed by atoms with Gasteiger partial charge in [0.2, 0.25) is 0 Å². The molecule has 2 atom stereocenters. The van der Waals surface area contributed by atoms with E-state index < -0.39 is 0 Å². The van der Waals surface area contributed by atoms with E-state index in [9.17, 15) is 0 Å². The monoisotopic (exact) mass is 473 g/mol. The van der Waals surface area contributed by atoms with Gasteiger partial charge in [0, 0.05) is 22.5 Å². The van der Waals surface area contributed by atoms with Crippen LogP contribution in [0, 0.1) is 20.8 Å². The maximum Gasteiger partial charge on any atom is 0.174 e. The van der Waals surface area contributed by atoms with Crippen molar-refractivity contribution in [1.29, 1.82) is 0 Å². The summed E-state index contributed by atoms with van der Waals surface area (Å²) < 4.78 is 6.47. The number of nitrogens with one attached hydrogen (secondary N) is 1. The van der Waals surface area contributed by atoms with Gasteiger partial charge in [-0.3, -0.25) is 4.98 Å². The molecule has 1 saturated heterocycles. The first-order chi connectivity index (χ1) is 15.9. The molecule has 1 aliphatic heterocycles. The first-order valence-electron chi connectivity index (χ1n) is 10.9. The van der Waals surface area contributed by atoms with E-state index in [0.717, 1.165) is 34.0 Å². The summed E-state index contributed by atoms with van der Waals surface area (Å²) in [4.78, 5) is 6.76. The van der Waals surface area contributed by atoms with Crippen LogP contribution in [0.3, 0.4) is 0 Å². The molecule has 1 aliphatic rings. The number of thiocarbonyl (C=S) groups is 1. The van der Waals surface area contributed by atoms with Crippen LogP contribution < -0.4 is 10.2 Å². The van der Waals surface area contributed by atoms with Crippen LogP contribution in [0.25, 0.3) is 11.3 Å². The average molecular weight is 474 g/mol. The van der Waals surface area contributed by atoms with E-state index >= 15 is 0 Å². The first kappa shape index (κ1) is 21.7. The third-order valence-electron chi connectivity index (χ3n) is 5.97. The second-order valence-electron chi connectivity index (χ2n) is 8.50. The summed E-state index contributed by atoms with van der Waals surface area (Å²) >= 11 is 12.1. The minimum absolute atomic E-state index is 0.154. The van der Waals surface area contributed by atoms with Gasteiger partial charge in [-0.15, -0.1) is 0 Å². The van der Waals surface area contributed by atoms with Crippen LogP contribution >= 0.6 is 23.8 Å². The number of benzene rings is 2. The van der Waals surface area contributed by atoms with Gasteiger partial charge in [0.1, 0.15) is 17.6 Å². The van der Waals surface area contributed by atoms with Crippen molar-refractivity contribution in [2.24, 2.45) is 0 Å². The molecular weight excluding hydrogens is 450 g/mol. The summed E-state index contributed by atoms with van der Waals surface area (Å²) in [6.45, 7) is 6.25. The Kier molecular flexibility index (Phi) is 5.69. The van der Waals surface area contributed by atoms with Crippen LogP contribution in [-0.2, 0) is 0 Å². The van der Waals surface area contributed by atoms with Gasteiger partial charge >= 0.3 is 0 Å². The minimum Gasteiger partial charge on any atom is -0.459 e. The SMILES string of the molecule is Cc1cc(C)cc(N2C(=S)N[C@@H](c3ccccn3)[C@H]2c2ccc(-c3cc(Cl)ccc3C)o2)c1. The number of aryl methyl sites for hydroxylation is 3. The lowest BCUT2D eigenvalue weighted by molar-refractivity contribution is 0.439. The molecule has 166 valence electrons. The second-order valence-corrected chi connectivity index (χ2v) is 9.33. The number of hydrogen-bond donors (Lipinski definition) is 1. The summed E-state index contributed by atoms with van der Waals surface area (Å²) in [5, 5.41) is 4.82. The van der Waals surface area contributed by atoms with E-state index in [2.05, 4.69) is 54.2 Å². The lowest BCUT2D eigenvalue weighted by Crippen LogP contribution is -2.29. The van der Waals surface area contributed by atoms with Crippen LogP contribution in [-0.4, -0.2) is 10.1 Å². The Bertz CT molecular complexity index is 1310. The molecule has 5 rings (SSSR count). The van der Waals surface area contributed by atoms with Crippen molar-refractivity contribution >= 4 is 34.6 Å². The van der Waals surface area contributed by atoms with Crippen LogP contribution in [0.2, 0.25) is 5.02 Å². The number of nitrogens with zero attached hydrogens (tertiary/aromatic N) is 2. The van der Waals surface area contributed by atoms with Gasteiger partial charge in [-0.05, 0) is 98.2 Å². The van der Waals surface area contributed by atoms with Gasteiger partial charge in [-0.2, -0.15) is 0 Å². The maximum atomic E-state index is 6.47. The highest BCUT2D eigenvalue weighted by Crippen LogP contribution is 2.43. The Morgan fingerprint density at radius 3 is 2.48 bits per heavy atom. The van der Waals surface area contributed by atoms with E-state index in [1.54, 1.807) is 6.20 Å². The van der Waals surface area contributed by atoms with Crippen molar-refractivity contribution in [1.82, 2.24) is 10.3 Å². The maximum absolute atomic E-state index is 6.47. The van der Waals surface area contributed by atoms with Crippen molar-refractivity contribution in [3.8, 4) is 11.3 Å². The van der Waals surface area contributed by atoms with E-state index in [0.29, 0.717) is 10.1 Å². The zero-order valence-corrected chi connectivity index (χ0v) is 20.2. The number of anilines is 1. The average Bonchev–Trinajstić information content (AvgIpc) is 3.40. The molecule has 0 aliphatic carbocycles. The number of pyridine rings is 1. The van der Waals surface area contributed by atoms with E-state index in [4.69, 9.17) is 28.2 Å². The third kappa shape index (κ3) is 4.14. The number of halogens is 1. The third-order valence-corrected chi connectivity index (χ3v) is 6.52. The molecule has 6 heteroatoms. The lowest BCUT2D eigenvalue weighted by Gasteiger charge is -2.26. The second kappa shape index (κ2) is 8.65. The molecule has 33 heavy (non-hydrogen) atoms. The van der Waals surface area contributed by atoms with Gasteiger partial charge in [0.25, 0.3) is 0 Å². The molecule has 3 heterocycles. The molecular formula is C27H24ClN3OS. The van der Waals surface area contributed by atoms with E-state index in [1.807, 2.05) is 48.5 Å². The van der Waals surface area contributed by atoms with Gasteiger partial charge in [-0.1, -0.05) is 29.8 Å². The standard InChI is InChI=1S/C27H24ClN3OS/c1-16-12-17(2)14-20(13-16)31-26(25(30-27(31)33)22-6-4-5-11-29-22)24-10-9-23(32-24)21-15-19(28)8-7-18(21)3/h4-15,25-26H,1-3H3,(H,30,33)/t25-,26+/m0/s1. The van der Waals surface area contributed by atoms with Gasteiger partial charge in [0.05, 0.1) is 11.7 Å². The fourth-order valence-corrected chi connectivity index (χ4v) is 5.05. The van der Waals surface area contributed by atoms with Crippen molar-refractivity contribution in [3.63, 3.8) is 0 Å². The normalized spacial score (nSPS) is 17.9. The molecule has 0 amide bonds. The number of hydrogen-bond acceptors (Lipinski definition) is 3. The van der Waals surface area contributed by atoms with Crippen LogP contribution in [0.1, 0.15) is 40.2 Å². The predicted molar refractivity (Wildman–Crippen MR) is 138 cm³/mol. The molecule has 0 spiro atoms. The van der Waals surface area contributed by atoms with Crippen LogP contribution in [0.4, 0.5) is 5.69 Å². The number of rotatable bonds is 4. The Morgan fingerprint density at radius 2 is 1.76 bits per heavy atom. The molecule has 1 fully saturated rings. The highest BCUT2D eigenvalue weighted by molar-refractivity contribution is 7.80. The highest BCUT2D eigenvalue weighted by atomic mass is 35.5. The van der Waals surface area contributed by atoms with Crippen LogP contribution in [0.5, 0.6) is 0 Å². The number of aromatic nitrogens is 1.